The fraction of sp³-hybridized carbons (Fsp3) is 0.450. The summed E-state index contributed by atoms with van der Waals surface area (Å²) in [6.45, 7) is -0.258. The zero-order valence-electron chi connectivity index (χ0n) is 16.5. The first-order chi connectivity index (χ1) is 13.6. The van der Waals surface area contributed by atoms with Crippen LogP contribution in [0.25, 0.3) is 0 Å². The zero-order valence-corrected chi connectivity index (χ0v) is 16.5. The molecule has 1 aromatic heterocycles. The number of hydrogen-bond acceptors (Lipinski definition) is 5. The zero-order chi connectivity index (χ0) is 21.3. The van der Waals surface area contributed by atoms with Crippen LogP contribution < -0.4 is 15.8 Å². The summed E-state index contributed by atoms with van der Waals surface area (Å²) in [6.07, 6.45) is 1.87. The molecule has 1 heterocycles. The van der Waals surface area contributed by atoms with Crippen molar-refractivity contribution in [3.8, 4) is 0 Å². The third kappa shape index (κ3) is 4.60. The maximum Gasteiger partial charge on any atom is 0.270 e. The average Bonchev–Trinajstić information content (AvgIpc) is 3.49. The van der Waals surface area contributed by atoms with Gasteiger partial charge in [-0.15, -0.1) is 0 Å². The Kier molecular flexibility index (Phi) is 5.68. The summed E-state index contributed by atoms with van der Waals surface area (Å²) in [6, 6.07) is 5.73. The van der Waals surface area contributed by atoms with Crippen molar-refractivity contribution >= 4 is 17.5 Å². The van der Waals surface area contributed by atoms with E-state index in [9.17, 15) is 18.0 Å². The first kappa shape index (κ1) is 20.9. The molecule has 6 nitrogen and oxygen atoms in total. The van der Waals surface area contributed by atoms with Gasteiger partial charge in [-0.3, -0.25) is 9.78 Å². The minimum Gasteiger partial charge on any atom is -0.362 e. The van der Waals surface area contributed by atoms with Crippen LogP contribution in [0.1, 0.15) is 42.5 Å². The van der Waals surface area contributed by atoms with E-state index in [0.717, 1.165) is 25.3 Å². The number of H-pyrrole nitrogens is 1. The molecule has 0 amide bonds. The van der Waals surface area contributed by atoms with Crippen molar-refractivity contribution in [2.24, 2.45) is 5.92 Å². The topological polar surface area (TPSA) is 84.9 Å². The molecule has 1 aliphatic carbocycles. The third-order valence-corrected chi connectivity index (χ3v) is 4.93. The molecule has 0 aliphatic heterocycles. The van der Waals surface area contributed by atoms with E-state index in [1.807, 2.05) is 0 Å². The summed E-state index contributed by atoms with van der Waals surface area (Å²) >= 11 is 0. The molecule has 1 atom stereocenters. The molecule has 3 rings (SSSR count). The van der Waals surface area contributed by atoms with E-state index in [1.54, 1.807) is 31.1 Å². The van der Waals surface area contributed by atoms with E-state index in [2.05, 4.69) is 15.3 Å². The highest BCUT2D eigenvalue weighted by Crippen LogP contribution is 2.43. The maximum absolute atomic E-state index is 13.5. The molecule has 156 valence electrons. The first-order valence-electron chi connectivity index (χ1n) is 9.32. The molecule has 1 fully saturated rings. The summed E-state index contributed by atoms with van der Waals surface area (Å²) in [7, 11) is 3.40. The van der Waals surface area contributed by atoms with E-state index in [1.165, 1.54) is 12.1 Å². The Labute approximate surface area is 166 Å². The van der Waals surface area contributed by atoms with Crippen molar-refractivity contribution in [3.05, 3.63) is 51.3 Å². The van der Waals surface area contributed by atoms with E-state index in [-0.39, 0.29) is 34.9 Å². The molecule has 2 aromatic rings. The highest BCUT2D eigenvalue weighted by Gasteiger charge is 2.34. The Morgan fingerprint density at radius 2 is 1.97 bits per heavy atom. The molecule has 0 bridgehead atoms. The normalized spacial score (nSPS) is 15.1. The summed E-state index contributed by atoms with van der Waals surface area (Å²) in [4.78, 5) is 21.0. The fourth-order valence-electron chi connectivity index (χ4n) is 3.16. The van der Waals surface area contributed by atoms with Gasteiger partial charge in [0.2, 0.25) is 5.95 Å². The number of alkyl halides is 3. The maximum atomic E-state index is 13.5. The van der Waals surface area contributed by atoms with Gasteiger partial charge in [-0.2, -0.15) is 4.98 Å². The fourth-order valence-corrected chi connectivity index (χ4v) is 3.16. The lowest BCUT2D eigenvalue weighted by Crippen LogP contribution is -2.28. The lowest BCUT2D eigenvalue weighted by atomic mass is 9.99. The Morgan fingerprint density at radius 3 is 2.45 bits per heavy atom. The van der Waals surface area contributed by atoms with Crippen molar-refractivity contribution in [2.75, 3.05) is 31.0 Å². The van der Waals surface area contributed by atoms with Crippen LogP contribution in [0.3, 0.4) is 0 Å². The van der Waals surface area contributed by atoms with Crippen LogP contribution in [-0.4, -0.2) is 36.4 Å². The van der Waals surface area contributed by atoms with Gasteiger partial charge in [0, 0.05) is 26.6 Å². The van der Waals surface area contributed by atoms with Gasteiger partial charge >= 0.3 is 0 Å². The number of anilines is 2. The van der Waals surface area contributed by atoms with Crippen molar-refractivity contribution < 1.29 is 13.2 Å². The summed E-state index contributed by atoms with van der Waals surface area (Å²) in [5.41, 5.74) is -0.543. The Morgan fingerprint density at radius 1 is 1.34 bits per heavy atom. The molecular weight excluding hydrogens is 383 g/mol. The van der Waals surface area contributed by atoms with Gasteiger partial charge in [-0.25, -0.2) is 13.2 Å². The van der Waals surface area contributed by atoms with Crippen LogP contribution in [0.5, 0.6) is 0 Å². The number of benzene rings is 1. The SMILES string of the molecule is CN(C)c1nc(NC(c2ccc(C(C)(F)F)cc2)C2CC2)c(C(=N)CF)c(=O)[nH]1. The van der Waals surface area contributed by atoms with Crippen LogP contribution in [-0.2, 0) is 5.92 Å². The Bertz CT molecular complexity index is 946. The molecular formula is C20H24F3N5O. The summed E-state index contributed by atoms with van der Waals surface area (Å²) < 4.78 is 40.2. The smallest absolute Gasteiger partial charge is 0.270 e. The van der Waals surface area contributed by atoms with E-state index in [4.69, 9.17) is 5.41 Å². The first-order valence-corrected chi connectivity index (χ1v) is 9.32. The van der Waals surface area contributed by atoms with Gasteiger partial charge in [-0.1, -0.05) is 24.3 Å². The molecule has 0 spiro atoms. The van der Waals surface area contributed by atoms with Gasteiger partial charge in [0.15, 0.2) is 0 Å². The number of aromatic nitrogens is 2. The largest absolute Gasteiger partial charge is 0.362 e. The monoisotopic (exact) mass is 407 g/mol. The summed E-state index contributed by atoms with van der Waals surface area (Å²) in [5.74, 6) is -2.32. The Balaban J connectivity index is 2.01. The van der Waals surface area contributed by atoms with Crippen molar-refractivity contribution in [2.45, 2.75) is 31.7 Å². The summed E-state index contributed by atoms with van der Waals surface area (Å²) in [5, 5.41) is 11.0. The van der Waals surface area contributed by atoms with Gasteiger partial charge in [0.1, 0.15) is 18.1 Å². The van der Waals surface area contributed by atoms with Crippen LogP contribution in [0, 0.1) is 11.3 Å². The number of aromatic amines is 1. The lowest BCUT2D eigenvalue weighted by Gasteiger charge is -2.23. The lowest BCUT2D eigenvalue weighted by molar-refractivity contribution is 0.0174. The standard InChI is InChI=1S/C20H24F3N5O/c1-20(22,23)13-8-6-12(7-9-13)16(11-4-5-11)25-17-15(14(24)10-21)18(29)27-19(26-17)28(2)3/h6-9,11,16,24H,4-5,10H2,1-3H3,(H2,25,26,27,29). The second-order valence-electron chi connectivity index (χ2n) is 7.59. The van der Waals surface area contributed by atoms with Gasteiger partial charge in [0.25, 0.3) is 11.5 Å². The van der Waals surface area contributed by atoms with E-state index < -0.39 is 23.9 Å². The highest BCUT2D eigenvalue weighted by atomic mass is 19.3. The third-order valence-electron chi connectivity index (χ3n) is 4.93. The molecule has 0 saturated heterocycles. The van der Waals surface area contributed by atoms with Crippen molar-refractivity contribution in [1.82, 2.24) is 9.97 Å². The minimum atomic E-state index is -2.93. The molecule has 1 unspecified atom stereocenters. The van der Waals surface area contributed by atoms with Gasteiger partial charge in [0.05, 0.1) is 11.8 Å². The predicted molar refractivity (Wildman–Crippen MR) is 107 cm³/mol. The quantitative estimate of drug-likeness (QED) is 0.581. The van der Waals surface area contributed by atoms with Crippen LogP contribution in [0.15, 0.2) is 29.1 Å². The van der Waals surface area contributed by atoms with Crippen molar-refractivity contribution in [1.29, 1.82) is 5.41 Å². The number of hydrogen-bond donors (Lipinski definition) is 3. The van der Waals surface area contributed by atoms with Crippen LogP contribution >= 0.6 is 0 Å². The predicted octanol–water partition coefficient (Wildman–Crippen LogP) is 3.85. The molecule has 0 radical (unpaired) electrons. The number of nitrogens with zero attached hydrogens (tertiary/aromatic N) is 2. The molecule has 1 aromatic carbocycles. The average molecular weight is 407 g/mol. The second-order valence-corrected chi connectivity index (χ2v) is 7.59. The van der Waals surface area contributed by atoms with Crippen LogP contribution in [0.4, 0.5) is 24.9 Å². The molecule has 1 saturated carbocycles. The van der Waals surface area contributed by atoms with Gasteiger partial charge in [-0.05, 0) is 24.3 Å². The second kappa shape index (κ2) is 7.88. The number of rotatable bonds is 8. The number of halogens is 3. The van der Waals surface area contributed by atoms with E-state index >= 15 is 0 Å². The molecule has 3 N–H and O–H groups in total. The van der Waals surface area contributed by atoms with Crippen LogP contribution in [0.2, 0.25) is 0 Å². The minimum absolute atomic E-state index is 0.0835. The van der Waals surface area contributed by atoms with Crippen molar-refractivity contribution in [3.63, 3.8) is 0 Å². The molecule has 9 heteroatoms. The Hall–Kier alpha value is -2.84. The van der Waals surface area contributed by atoms with Gasteiger partial charge < -0.3 is 15.6 Å². The highest BCUT2D eigenvalue weighted by molar-refractivity contribution is 6.02. The molecule has 29 heavy (non-hydrogen) atoms. The molecule has 1 aliphatic rings. The van der Waals surface area contributed by atoms with E-state index in [0.29, 0.717) is 0 Å². The number of nitrogens with one attached hydrogen (secondary N) is 3.